The SMILES string of the molecule is Cc1cccc(CC(C)(C)C(=O)O)c1. The van der Waals surface area contributed by atoms with Crippen LogP contribution < -0.4 is 0 Å². The summed E-state index contributed by atoms with van der Waals surface area (Å²) in [4.78, 5) is 10.9. The monoisotopic (exact) mass is 192 g/mol. The molecule has 0 atom stereocenters. The number of carboxylic acids is 1. The van der Waals surface area contributed by atoms with Crippen molar-refractivity contribution in [1.82, 2.24) is 0 Å². The summed E-state index contributed by atoms with van der Waals surface area (Å²) in [6.45, 7) is 5.51. The summed E-state index contributed by atoms with van der Waals surface area (Å²) >= 11 is 0. The first-order chi connectivity index (χ1) is 6.42. The van der Waals surface area contributed by atoms with E-state index in [1.165, 1.54) is 5.56 Å². The molecule has 0 aliphatic carbocycles. The second-order valence-corrected chi connectivity index (χ2v) is 4.35. The van der Waals surface area contributed by atoms with Crippen LogP contribution in [0.4, 0.5) is 0 Å². The summed E-state index contributed by atoms with van der Waals surface area (Å²) in [6.07, 6.45) is 0.573. The lowest BCUT2D eigenvalue weighted by Gasteiger charge is -2.19. The van der Waals surface area contributed by atoms with E-state index in [4.69, 9.17) is 5.11 Å². The highest BCUT2D eigenvalue weighted by molar-refractivity contribution is 5.74. The Morgan fingerprint density at radius 3 is 2.57 bits per heavy atom. The first kappa shape index (κ1) is 10.8. The third kappa shape index (κ3) is 2.59. The van der Waals surface area contributed by atoms with Crippen LogP contribution in [0, 0.1) is 12.3 Å². The Morgan fingerprint density at radius 1 is 1.43 bits per heavy atom. The molecule has 2 nitrogen and oxygen atoms in total. The number of carboxylic acid groups (broad SMARTS) is 1. The van der Waals surface area contributed by atoms with Gasteiger partial charge in [0.15, 0.2) is 0 Å². The topological polar surface area (TPSA) is 37.3 Å². The Bertz CT molecular complexity index is 340. The molecule has 0 aliphatic rings. The van der Waals surface area contributed by atoms with Crippen molar-refractivity contribution in [3.63, 3.8) is 0 Å². The lowest BCUT2D eigenvalue weighted by Crippen LogP contribution is -2.26. The molecular weight excluding hydrogens is 176 g/mol. The van der Waals surface area contributed by atoms with Gasteiger partial charge in [-0.15, -0.1) is 0 Å². The molecule has 0 saturated heterocycles. The van der Waals surface area contributed by atoms with Crippen molar-refractivity contribution < 1.29 is 9.90 Å². The van der Waals surface area contributed by atoms with Gasteiger partial charge in [0, 0.05) is 0 Å². The fraction of sp³-hybridized carbons (Fsp3) is 0.417. The van der Waals surface area contributed by atoms with Gasteiger partial charge >= 0.3 is 5.97 Å². The maximum absolute atomic E-state index is 10.9. The van der Waals surface area contributed by atoms with E-state index < -0.39 is 11.4 Å². The van der Waals surface area contributed by atoms with Gasteiger partial charge < -0.3 is 5.11 Å². The predicted octanol–water partition coefficient (Wildman–Crippen LogP) is 2.65. The second-order valence-electron chi connectivity index (χ2n) is 4.35. The lowest BCUT2D eigenvalue weighted by molar-refractivity contribution is -0.146. The number of hydrogen-bond donors (Lipinski definition) is 1. The summed E-state index contributed by atoms with van der Waals surface area (Å²) in [5.74, 6) is -0.751. The fourth-order valence-electron chi connectivity index (χ4n) is 1.41. The largest absolute Gasteiger partial charge is 0.481 e. The summed E-state index contributed by atoms with van der Waals surface area (Å²) in [5.41, 5.74) is 1.56. The van der Waals surface area contributed by atoms with Gasteiger partial charge in [-0.25, -0.2) is 0 Å². The average Bonchev–Trinajstić information content (AvgIpc) is 2.02. The molecule has 0 amide bonds. The third-order valence-electron chi connectivity index (χ3n) is 2.31. The van der Waals surface area contributed by atoms with Gasteiger partial charge in [-0.3, -0.25) is 4.79 Å². The van der Waals surface area contributed by atoms with E-state index in [1.54, 1.807) is 13.8 Å². The van der Waals surface area contributed by atoms with Crippen molar-refractivity contribution in [2.75, 3.05) is 0 Å². The molecule has 2 heteroatoms. The number of benzene rings is 1. The summed E-state index contributed by atoms with van der Waals surface area (Å²) in [7, 11) is 0. The van der Waals surface area contributed by atoms with Crippen LogP contribution in [0.5, 0.6) is 0 Å². The molecule has 0 spiro atoms. The van der Waals surface area contributed by atoms with Crippen LogP contribution >= 0.6 is 0 Å². The molecule has 0 bridgehead atoms. The van der Waals surface area contributed by atoms with Crippen molar-refractivity contribution in [2.24, 2.45) is 5.41 Å². The van der Waals surface area contributed by atoms with Crippen LogP contribution in [0.3, 0.4) is 0 Å². The van der Waals surface area contributed by atoms with E-state index >= 15 is 0 Å². The van der Waals surface area contributed by atoms with Crippen molar-refractivity contribution in [3.05, 3.63) is 35.4 Å². The third-order valence-corrected chi connectivity index (χ3v) is 2.31. The summed E-state index contributed by atoms with van der Waals surface area (Å²) in [6, 6.07) is 7.97. The Morgan fingerprint density at radius 2 is 2.07 bits per heavy atom. The first-order valence-electron chi connectivity index (χ1n) is 4.71. The molecule has 0 saturated carbocycles. The lowest BCUT2D eigenvalue weighted by atomic mass is 9.85. The highest BCUT2D eigenvalue weighted by atomic mass is 16.4. The van der Waals surface area contributed by atoms with E-state index in [0.717, 1.165) is 5.56 Å². The number of carbonyl (C=O) groups is 1. The molecule has 1 aromatic carbocycles. The fourth-order valence-corrected chi connectivity index (χ4v) is 1.41. The standard InChI is InChI=1S/C12H16O2/c1-9-5-4-6-10(7-9)8-12(2,3)11(13)14/h4-7H,8H2,1-3H3,(H,13,14). The normalized spacial score (nSPS) is 11.4. The van der Waals surface area contributed by atoms with Crippen LogP contribution in [0.2, 0.25) is 0 Å². The minimum Gasteiger partial charge on any atom is -0.481 e. The Balaban J connectivity index is 2.83. The Labute approximate surface area is 84.6 Å². The zero-order valence-corrected chi connectivity index (χ0v) is 8.87. The molecule has 14 heavy (non-hydrogen) atoms. The van der Waals surface area contributed by atoms with E-state index in [9.17, 15) is 4.79 Å². The van der Waals surface area contributed by atoms with Crippen molar-refractivity contribution in [2.45, 2.75) is 27.2 Å². The molecule has 0 unspecified atom stereocenters. The van der Waals surface area contributed by atoms with Gasteiger partial charge in [-0.2, -0.15) is 0 Å². The molecule has 0 heterocycles. The zero-order chi connectivity index (χ0) is 10.8. The summed E-state index contributed by atoms with van der Waals surface area (Å²) in [5, 5.41) is 8.97. The molecular formula is C12H16O2. The van der Waals surface area contributed by atoms with Gasteiger partial charge in [0.05, 0.1) is 5.41 Å². The van der Waals surface area contributed by atoms with Crippen LogP contribution in [-0.2, 0) is 11.2 Å². The molecule has 0 aliphatic heterocycles. The Kier molecular flexibility index (Phi) is 2.94. The number of rotatable bonds is 3. The van der Waals surface area contributed by atoms with Crippen LogP contribution in [0.1, 0.15) is 25.0 Å². The van der Waals surface area contributed by atoms with Crippen molar-refractivity contribution in [3.8, 4) is 0 Å². The maximum atomic E-state index is 10.9. The van der Waals surface area contributed by atoms with Crippen molar-refractivity contribution >= 4 is 5.97 Å². The molecule has 76 valence electrons. The minimum absolute atomic E-state index is 0.573. The maximum Gasteiger partial charge on any atom is 0.309 e. The molecule has 0 radical (unpaired) electrons. The van der Waals surface area contributed by atoms with Gasteiger partial charge in [-0.1, -0.05) is 29.8 Å². The number of aryl methyl sites for hydroxylation is 1. The minimum atomic E-state index is -0.751. The van der Waals surface area contributed by atoms with Crippen LogP contribution in [-0.4, -0.2) is 11.1 Å². The van der Waals surface area contributed by atoms with Crippen LogP contribution in [0.25, 0.3) is 0 Å². The van der Waals surface area contributed by atoms with E-state index in [2.05, 4.69) is 0 Å². The first-order valence-corrected chi connectivity index (χ1v) is 4.71. The van der Waals surface area contributed by atoms with Crippen molar-refractivity contribution in [1.29, 1.82) is 0 Å². The predicted molar refractivity (Wildman–Crippen MR) is 56.3 cm³/mol. The molecule has 1 aromatic rings. The summed E-state index contributed by atoms with van der Waals surface area (Å²) < 4.78 is 0. The van der Waals surface area contributed by atoms with E-state index in [0.29, 0.717) is 6.42 Å². The quantitative estimate of drug-likeness (QED) is 0.799. The van der Waals surface area contributed by atoms with Gasteiger partial charge in [0.1, 0.15) is 0 Å². The number of hydrogen-bond acceptors (Lipinski definition) is 1. The second kappa shape index (κ2) is 3.82. The Hall–Kier alpha value is -1.31. The number of aliphatic carboxylic acids is 1. The molecule has 0 aromatic heterocycles. The highest BCUT2D eigenvalue weighted by Crippen LogP contribution is 2.22. The van der Waals surface area contributed by atoms with Gasteiger partial charge in [0.25, 0.3) is 0 Å². The average molecular weight is 192 g/mol. The smallest absolute Gasteiger partial charge is 0.309 e. The zero-order valence-electron chi connectivity index (χ0n) is 8.87. The van der Waals surface area contributed by atoms with Crippen LogP contribution in [0.15, 0.2) is 24.3 Å². The van der Waals surface area contributed by atoms with E-state index in [-0.39, 0.29) is 0 Å². The van der Waals surface area contributed by atoms with Gasteiger partial charge in [-0.05, 0) is 32.8 Å². The van der Waals surface area contributed by atoms with Gasteiger partial charge in [0.2, 0.25) is 0 Å². The molecule has 0 fully saturated rings. The molecule has 1 N–H and O–H groups in total. The highest BCUT2D eigenvalue weighted by Gasteiger charge is 2.27. The molecule has 1 rings (SSSR count). The van der Waals surface area contributed by atoms with E-state index in [1.807, 2.05) is 31.2 Å².